The van der Waals surface area contributed by atoms with Crippen LogP contribution in [0.25, 0.3) is 0 Å². The molecule has 0 radical (unpaired) electrons. The molecule has 2 fully saturated rings. The molecule has 1 aromatic carbocycles. The van der Waals surface area contributed by atoms with E-state index in [0.29, 0.717) is 48.0 Å². The van der Waals surface area contributed by atoms with Gasteiger partial charge in [0.2, 0.25) is 5.88 Å². The number of amides is 1. The maximum absolute atomic E-state index is 14.2. The molecule has 1 amide bonds. The van der Waals surface area contributed by atoms with Crippen molar-refractivity contribution in [3.63, 3.8) is 0 Å². The van der Waals surface area contributed by atoms with Crippen molar-refractivity contribution in [3.05, 3.63) is 71.5 Å². The molecule has 44 heavy (non-hydrogen) atoms. The second-order valence-corrected chi connectivity index (χ2v) is 12.5. The van der Waals surface area contributed by atoms with Crippen LogP contribution in [-0.4, -0.2) is 60.3 Å². The molecular weight excluding hydrogens is 556 g/mol. The lowest BCUT2D eigenvalue weighted by Crippen LogP contribution is -2.39. The Balaban J connectivity index is 1.27. The van der Waals surface area contributed by atoms with Crippen molar-refractivity contribution in [2.45, 2.75) is 58.8 Å². The molecule has 1 N–H and O–H groups in total. The maximum atomic E-state index is 14.2. The Bertz CT molecular complexity index is 1450. The summed E-state index contributed by atoms with van der Waals surface area (Å²) in [6.07, 6.45) is 7.56. The monoisotopic (exact) mass is 600 g/mol. The quantitative estimate of drug-likeness (QED) is 0.242. The van der Waals surface area contributed by atoms with Gasteiger partial charge in [-0.15, -0.1) is 0 Å². The summed E-state index contributed by atoms with van der Waals surface area (Å²) in [6.45, 7) is 8.87. The number of rotatable bonds is 13. The predicted molar refractivity (Wildman–Crippen MR) is 171 cm³/mol. The molecule has 1 aliphatic heterocycles. The van der Waals surface area contributed by atoms with Crippen LogP contribution in [-0.2, 0) is 4.79 Å². The van der Waals surface area contributed by atoms with Crippen LogP contribution >= 0.6 is 0 Å². The first-order chi connectivity index (χ1) is 21.2. The van der Waals surface area contributed by atoms with E-state index in [1.54, 1.807) is 24.4 Å². The largest absolute Gasteiger partial charge is 0.497 e. The average Bonchev–Trinajstić information content (AvgIpc) is 3.87. The highest BCUT2D eigenvalue weighted by atomic mass is 16.5. The van der Waals surface area contributed by atoms with E-state index in [2.05, 4.69) is 28.7 Å². The highest BCUT2D eigenvalue weighted by Gasteiger charge is 2.34. The fourth-order valence-electron chi connectivity index (χ4n) is 6.14. The number of pyridine rings is 2. The number of carbonyl (C=O) groups excluding carboxylic acids is 1. The Morgan fingerprint density at radius 2 is 1.82 bits per heavy atom. The summed E-state index contributed by atoms with van der Waals surface area (Å²) >= 11 is 0. The Morgan fingerprint density at radius 1 is 1.05 bits per heavy atom. The third-order valence-corrected chi connectivity index (χ3v) is 8.66. The smallest absolute Gasteiger partial charge is 0.303 e. The van der Waals surface area contributed by atoms with Crippen LogP contribution in [0.2, 0.25) is 0 Å². The number of benzene rings is 1. The van der Waals surface area contributed by atoms with E-state index in [1.165, 1.54) is 0 Å². The lowest BCUT2D eigenvalue weighted by atomic mass is 9.92. The zero-order valence-electron chi connectivity index (χ0n) is 26.2. The first-order valence-electron chi connectivity index (χ1n) is 15.7. The van der Waals surface area contributed by atoms with E-state index in [-0.39, 0.29) is 24.2 Å². The Morgan fingerprint density at radius 3 is 2.48 bits per heavy atom. The molecule has 2 aliphatic rings. The highest BCUT2D eigenvalue weighted by molar-refractivity contribution is 6.09. The van der Waals surface area contributed by atoms with Gasteiger partial charge in [0.25, 0.3) is 5.91 Å². The van der Waals surface area contributed by atoms with Crippen molar-refractivity contribution in [2.75, 3.05) is 43.2 Å². The van der Waals surface area contributed by atoms with Crippen LogP contribution in [0.1, 0.15) is 73.4 Å². The van der Waals surface area contributed by atoms with Gasteiger partial charge in [0.1, 0.15) is 11.6 Å². The number of carbonyl (C=O) groups is 2. The van der Waals surface area contributed by atoms with Crippen molar-refractivity contribution in [1.82, 2.24) is 9.97 Å². The fraction of sp³-hybridized carbons (Fsp3) is 0.486. The van der Waals surface area contributed by atoms with Crippen molar-refractivity contribution in [1.29, 1.82) is 0 Å². The number of piperidine rings is 1. The lowest BCUT2D eigenvalue weighted by Gasteiger charge is -2.35. The van der Waals surface area contributed by atoms with Crippen LogP contribution in [0.15, 0.2) is 54.9 Å². The average molecular weight is 601 g/mol. The van der Waals surface area contributed by atoms with Gasteiger partial charge in [-0.2, -0.15) is 0 Å². The number of nitrogens with zero attached hydrogens (tertiary/aromatic N) is 4. The molecule has 1 saturated heterocycles. The first-order valence-corrected chi connectivity index (χ1v) is 15.7. The minimum absolute atomic E-state index is 0.0129. The van der Waals surface area contributed by atoms with Gasteiger partial charge in [-0.05, 0) is 91.7 Å². The summed E-state index contributed by atoms with van der Waals surface area (Å²) in [5, 5.41) is 9.39. The SMILES string of the molecule is COc1ccc(C(=O)N(CC(C)C)c2ncccc2C)c(N2CCC(COc3cc(C(CC(=O)O)C4CC4)ccn3)CC2)c1. The summed E-state index contributed by atoms with van der Waals surface area (Å²) in [5.41, 5.74) is 3.47. The molecule has 3 heterocycles. The zero-order chi connectivity index (χ0) is 31.2. The second-order valence-electron chi connectivity index (χ2n) is 12.5. The fourth-order valence-corrected chi connectivity index (χ4v) is 6.14. The number of carboxylic acids is 1. The Hall–Kier alpha value is -4.14. The molecule has 5 rings (SSSR count). The number of aromatic nitrogens is 2. The number of hydrogen-bond acceptors (Lipinski definition) is 7. The number of hydrogen-bond donors (Lipinski definition) is 1. The van der Waals surface area contributed by atoms with Crippen molar-refractivity contribution < 1.29 is 24.2 Å². The molecule has 3 aromatic rings. The molecule has 0 spiro atoms. The van der Waals surface area contributed by atoms with E-state index < -0.39 is 5.97 Å². The molecule has 1 saturated carbocycles. The van der Waals surface area contributed by atoms with Gasteiger partial charge >= 0.3 is 5.97 Å². The lowest BCUT2D eigenvalue weighted by molar-refractivity contribution is -0.137. The highest BCUT2D eigenvalue weighted by Crippen LogP contribution is 2.45. The van der Waals surface area contributed by atoms with Gasteiger partial charge in [0.05, 0.1) is 31.4 Å². The summed E-state index contributed by atoms with van der Waals surface area (Å²) < 4.78 is 11.7. The van der Waals surface area contributed by atoms with E-state index in [0.717, 1.165) is 55.6 Å². The minimum atomic E-state index is -0.770. The second kappa shape index (κ2) is 14.1. The number of ether oxygens (including phenoxy) is 2. The molecule has 1 unspecified atom stereocenters. The van der Waals surface area contributed by atoms with Crippen LogP contribution < -0.4 is 19.3 Å². The number of carboxylic acid groups (broad SMARTS) is 1. The third-order valence-electron chi connectivity index (χ3n) is 8.66. The number of methoxy groups -OCH3 is 1. The van der Waals surface area contributed by atoms with Gasteiger partial charge in [-0.25, -0.2) is 9.97 Å². The Labute approximate surface area is 260 Å². The molecule has 9 nitrogen and oxygen atoms in total. The molecule has 1 aliphatic carbocycles. The zero-order valence-corrected chi connectivity index (χ0v) is 26.2. The molecule has 2 aromatic heterocycles. The molecule has 234 valence electrons. The first kappa shape index (κ1) is 31.3. The third kappa shape index (κ3) is 7.68. The van der Waals surface area contributed by atoms with E-state index in [4.69, 9.17) is 9.47 Å². The predicted octanol–water partition coefficient (Wildman–Crippen LogP) is 6.36. The van der Waals surface area contributed by atoms with Gasteiger partial charge in [0, 0.05) is 44.2 Å². The molecule has 0 bridgehead atoms. The van der Waals surface area contributed by atoms with Crippen LogP contribution in [0.4, 0.5) is 11.5 Å². The van der Waals surface area contributed by atoms with Gasteiger partial charge < -0.3 is 19.5 Å². The summed E-state index contributed by atoms with van der Waals surface area (Å²) in [6, 6.07) is 13.4. The van der Waals surface area contributed by atoms with E-state index in [9.17, 15) is 14.7 Å². The normalized spacial score (nSPS) is 16.1. The van der Waals surface area contributed by atoms with E-state index in [1.807, 2.05) is 49.4 Å². The van der Waals surface area contributed by atoms with Crippen LogP contribution in [0.3, 0.4) is 0 Å². The standard InChI is InChI=1S/C35H44N4O5/c1-23(2)21-39(34-24(3)6-5-14-37-34)35(42)29-10-9-28(43-4)19-31(29)38-16-12-25(13-17-38)22-44-32-18-27(11-15-36-32)30(20-33(40)41)26-7-8-26/h5-6,9-11,14-15,18-19,23,25-26,30H,7-8,12-13,16-17,20-22H2,1-4H3,(H,40,41). The molecule has 9 heteroatoms. The molecular formula is C35H44N4O5. The number of aryl methyl sites for hydroxylation is 1. The minimum Gasteiger partial charge on any atom is -0.497 e. The van der Waals surface area contributed by atoms with E-state index >= 15 is 0 Å². The maximum Gasteiger partial charge on any atom is 0.303 e. The van der Waals surface area contributed by atoms with Crippen molar-refractivity contribution in [2.24, 2.45) is 17.8 Å². The van der Waals surface area contributed by atoms with Gasteiger partial charge in [-0.3, -0.25) is 14.5 Å². The van der Waals surface area contributed by atoms with Gasteiger partial charge in [-0.1, -0.05) is 19.9 Å². The number of aliphatic carboxylic acids is 1. The summed E-state index contributed by atoms with van der Waals surface area (Å²) in [7, 11) is 1.64. The van der Waals surface area contributed by atoms with Crippen LogP contribution in [0.5, 0.6) is 11.6 Å². The topological polar surface area (TPSA) is 105 Å². The summed E-state index contributed by atoms with van der Waals surface area (Å²) in [5.74, 6) is 2.17. The van der Waals surface area contributed by atoms with Gasteiger partial charge in [0.15, 0.2) is 0 Å². The van der Waals surface area contributed by atoms with Crippen molar-refractivity contribution in [3.8, 4) is 11.6 Å². The van der Waals surface area contributed by atoms with Crippen molar-refractivity contribution >= 4 is 23.4 Å². The Kier molecular flexibility index (Phi) is 10.0. The summed E-state index contributed by atoms with van der Waals surface area (Å²) in [4.78, 5) is 38.6. The molecule has 1 atom stereocenters. The number of anilines is 2. The van der Waals surface area contributed by atoms with Crippen LogP contribution in [0, 0.1) is 24.7 Å².